The molecule has 0 spiro atoms. The molecule has 5 heavy (non-hydrogen) atoms. The van der Waals surface area contributed by atoms with Crippen molar-refractivity contribution in [2.45, 2.75) is 0 Å². The summed E-state index contributed by atoms with van der Waals surface area (Å²) in [5, 5.41) is 0. The van der Waals surface area contributed by atoms with Gasteiger partial charge in [-0.15, -0.1) is 0 Å². The van der Waals surface area contributed by atoms with Crippen molar-refractivity contribution in [1.29, 1.82) is 0 Å². The van der Waals surface area contributed by atoms with Crippen molar-refractivity contribution in [2.75, 3.05) is 0 Å². The molecule has 3 N–H and O–H groups in total. The summed E-state index contributed by atoms with van der Waals surface area (Å²) < 4.78 is 0. The second-order valence-electron chi connectivity index (χ2n) is 0. The van der Waals surface area contributed by atoms with Gasteiger partial charge in [-0.05, 0) is 0 Å². The first-order valence-electron chi connectivity index (χ1n) is 0. The molecule has 0 aromatic carbocycles. The maximum Gasteiger partial charge on any atom is 0 e. The first kappa shape index (κ1) is 589. The van der Waals surface area contributed by atoms with Gasteiger partial charge in [0, 0.05) is 18.6 Å². The minimum absolute atomic E-state index is 0. The maximum absolute atomic E-state index is 0. The van der Waals surface area contributed by atoms with Gasteiger partial charge >= 0.3 is 0 Å². The van der Waals surface area contributed by atoms with E-state index in [1.54, 1.807) is 0 Å². The average molecular weight is 118 g/mol. The van der Waals surface area contributed by atoms with Crippen molar-refractivity contribution in [3.63, 3.8) is 0 Å². The molecule has 0 atom stereocenters. The molecule has 5 heteroatoms. The van der Waals surface area contributed by atoms with Crippen LogP contribution in [0.2, 0.25) is 0 Å². The SMILES string of the molecule is O.[O-2].[O-2].[OH-].[V]. The number of rotatable bonds is 0. The fourth-order valence-corrected chi connectivity index (χ4v) is 0. The van der Waals surface area contributed by atoms with Gasteiger partial charge in [0.1, 0.15) is 0 Å². The van der Waals surface area contributed by atoms with Gasteiger partial charge < -0.3 is 21.9 Å². The van der Waals surface area contributed by atoms with Crippen LogP contribution in [-0.4, -0.2) is 11.0 Å². The van der Waals surface area contributed by atoms with Crippen LogP contribution in [0.5, 0.6) is 0 Å². The molecule has 37 valence electrons. The second-order valence-corrected chi connectivity index (χ2v) is 0. The molecular weight excluding hydrogens is 115 g/mol. The van der Waals surface area contributed by atoms with Crippen LogP contribution in [0.4, 0.5) is 0 Å². The van der Waals surface area contributed by atoms with Crippen molar-refractivity contribution in [3.05, 3.63) is 0 Å². The van der Waals surface area contributed by atoms with E-state index < -0.39 is 0 Å². The monoisotopic (exact) mass is 118 g/mol. The number of hydrogen-bond donors (Lipinski definition) is 0. The topological polar surface area (TPSA) is 118 Å². The van der Waals surface area contributed by atoms with Gasteiger partial charge in [0.2, 0.25) is 0 Å². The van der Waals surface area contributed by atoms with E-state index in [4.69, 9.17) is 0 Å². The van der Waals surface area contributed by atoms with Crippen LogP contribution in [0.1, 0.15) is 0 Å². The van der Waals surface area contributed by atoms with E-state index in [1.807, 2.05) is 0 Å². The summed E-state index contributed by atoms with van der Waals surface area (Å²) in [6.45, 7) is 0. The first-order chi connectivity index (χ1) is 0. The van der Waals surface area contributed by atoms with Crippen LogP contribution < -0.4 is 0 Å². The second kappa shape index (κ2) is 288. The van der Waals surface area contributed by atoms with Crippen molar-refractivity contribution in [3.8, 4) is 0 Å². The van der Waals surface area contributed by atoms with Crippen LogP contribution in [-0.2, 0) is 29.5 Å². The summed E-state index contributed by atoms with van der Waals surface area (Å²) in [7, 11) is 0. The Bertz CT molecular complexity index is 3.61. The molecule has 0 aromatic rings. The van der Waals surface area contributed by atoms with E-state index in [0.717, 1.165) is 0 Å². The minimum Gasteiger partial charge on any atom is -2.00 e. The van der Waals surface area contributed by atoms with Gasteiger partial charge in [0.05, 0.1) is 0 Å². The van der Waals surface area contributed by atoms with E-state index in [2.05, 4.69) is 0 Å². The molecule has 0 aliphatic carbocycles. The summed E-state index contributed by atoms with van der Waals surface area (Å²) in [6, 6.07) is 0. The van der Waals surface area contributed by atoms with Crippen molar-refractivity contribution in [1.82, 2.24) is 0 Å². The summed E-state index contributed by atoms with van der Waals surface area (Å²) in [5.74, 6) is 0. The molecule has 0 rings (SSSR count). The maximum atomic E-state index is 0. The van der Waals surface area contributed by atoms with Crippen molar-refractivity contribution in [2.24, 2.45) is 0 Å². The molecule has 0 aliphatic rings. The molecule has 0 unspecified atom stereocenters. The number of hydrogen-bond acceptors (Lipinski definition) is 1. The zero-order chi connectivity index (χ0) is 0. The van der Waals surface area contributed by atoms with E-state index in [1.165, 1.54) is 0 Å². The predicted molar refractivity (Wildman–Crippen MR) is 6.92 cm³/mol. The molecule has 0 saturated heterocycles. The van der Waals surface area contributed by atoms with E-state index >= 15 is 0 Å². The molecule has 0 saturated carbocycles. The third-order valence-corrected chi connectivity index (χ3v) is 0. The van der Waals surface area contributed by atoms with E-state index in [9.17, 15) is 0 Å². The van der Waals surface area contributed by atoms with Crippen LogP contribution in [0.15, 0.2) is 0 Å². The Hall–Kier alpha value is 0.424. The largest absolute Gasteiger partial charge is 2.00 e. The molecule has 0 amide bonds. The molecule has 0 bridgehead atoms. The van der Waals surface area contributed by atoms with Crippen LogP contribution in [0, 0.1) is 0 Å². The van der Waals surface area contributed by atoms with Crippen LogP contribution >= 0.6 is 0 Å². The van der Waals surface area contributed by atoms with Crippen LogP contribution in [0.3, 0.4) is 0 Å². The zero-order valence-electron chi connectivity index (χ0n) is 2.21. The smallest absolute Gasteiger partial charge is 0 e. The van der Waals surface area contributed by atoms with Gasteiger partial charge in [-0.25, -0.2) is 0 Å². The Labute approximate surface area is 41.3 Å². The third kappa shape index (κ3) is 144. The minimum atomic E-state index is 0. The molecule has 0 heterocycles. The summed E-state index contributed by atoms with van der Waals surface area (Å²) >= 11 is 0. The molecule has 0 aromatic heterocycles. The molecule has 0 aliphatic heterocycles. The fourth-order valence-electron chi connectivity index (χ4n) is 0. The Kier molecular flexibility index (Phi) is 34000. The zero-order valence-corrected chi connectivity index (χ0v) is 3.61. The average Bonchev–Trinajstić information content (AvgIpc) is 0. The Morgan fingerprint density at radius 2 is 0.800 bits per heavy atom. The van der Waals surface area contributed by atoms with Gasteiger partial charge in [-0.1, -0.05) is 0 Å². The summed E-state index contributed by atoms with van der Waals surface area (Å²) in [5.41, 5.74) is 0. The van der Waals surface area contributed by atoms with Gasteiger partial charge in [-0.2, -0.15) is 0 Å². The van der Waals surface area contributed by atoms with Crippen molar-refractivity contribution >= 4 is 0 Å². The first-order valence-corrected chi connectivity index (χ1v) is 0. The van der Waals surface area contributed by atoms with E-state index in [-0.39, 0.29) is 40.5 Å². The predicted octanol–water partition coefficient (Wildman–Crippen LogP) is -1.24. The van der Waals surface area contributed by atoms with Gasteiger partial charge in [0.15, 0.2) is 0 Å². The van der Waals surface area contributed by atoms with Crippen LogP contribution in [0.25, 0.3) is 0 Å². The van der Waals surface area contributed by atoms with E-state index in [0.29, 0.717) is 0 Å². The van der Waals surface area contributed by atoms with Crippen molar-refractivity contribution < 1.29 is 40.5 Å². The third-order valence-electron chi connectivity index (χ3n) is 0. The Balaban J connectivity index is 0. The normalized spacial score (nSPS) is 0. The molecule has 1 radical (unpaired) electrons. The summed E-state index contributed by atoms with van der Waals surface area (Å²) in [6.07, 6.45) is 0. The Morgan fingerprint density at radius 1 is 0.800 bits per heavy atom. The molecule has 0 fully saturated rings. The molecule has 4 nitrogen and oxygen atoms in total. The molecular formula is H3O4V-5. The summed E-state index contributed by atoms with van der Waals surface area (Å²) in [4.78, 5) is 0. The quantitative estimate of drug-likeness (QED) is 0.388. The standard InChI is InChI=1S/2H2O.2O.V/h2*1H2;;;/q;;2*-2;/p-1. The Morgan fingerprint density at radius 3 is 0.800 bits per heavy atom. The fraction of sp³-hybridized carbons (Fsp3) is 0. The van der Waals surface area contributed by atoms with Gasteiger partial charge in [0.25, 0.3) is 0 Å². The van der Waals surface area contributed by atoms with Gasteiger partial charge in [-0.3, -0.25) is 0 Å².